The van der Waals surface area contributed by atoms with Gasteiger partial charge in [0, 0.05) is 0 Å². The molecule has 30 heavy (non-hydrogen) atoms. The van der Waals surface area contributed by atoms with E-state index in [2.05, 4.69) is 40.7 Å². The van der Waals surface area contributed by atoms with Gasteiger partial charge >= 0.3 is 5.97 Å². The van der Waals surface area contributed by atoms with E-state index in [1.54, 1.807) is 0 Å². The molecule has 3 saturated carbocycles. The van der Waals surface area contributed by atoms with Gasteiger partial charge in [-0.1, -0.05) is 65.5 Å². The lowest BCUT2D eigenvalue weighted by molar-refractivity contribution is -0.143. The first-order valence-corrected chi connectivity index (χ1v) is 13.1. The fourth-order valence-corrected chi connectivity index (χ4v) is 8.90. The zero-order chi connectivity index (χ0) is 21.7. The van der Waals surface area contributed by atoms with Crippen LogP contribution in [0.5, 0.6) is 0 Å². The number of carboxylic acid groups (broad SMARTS) is 1. The summed E-state index contributed by atoms with van der Waals surface area (Å²) >= 11 is 0. The van der Waals surface area contributed by atoms with Crippen LogP contribution in [-0.2, 0) is 4.79 Å². The number of rotatable bonds is 6. The van der Waals surface area contributed by atoms with E-state index in [9.17, 15) is 9.90 Å². The van der Waals surface area contributed by atoms with E-state index in [1.807, 2.05) is 0 Å². The van der Waals surface area contributed by atoms with Gasteiger partial charge in [-0.2, -0.15) is 0 Å². The molecule has 3 fully saturated rings. The SMILES string of the molecule is CC(C)CCC[C@@H](C)[C@@H]1CC[C@@H]2[C@H]3CC=C4C[C@@H](C(=O)O)CC[C@]4(C)[C@@H]3CC[C@]21C. The lowest BCUT2D eigenvalue weighted by Crippen LogP contribution is -2.50. The maximum absolute atomic E-state index is 11.6. The van der Waals surface area contributed by atoms with Gasteiger partial charge in [0.15, 0.2) is 0 Å². The van der Waals surface area contributed by atoms with Gasteiger partial charge in [-0.25, -0.2) is 0 Å². The van der Waals surface area contributed by atoms with Crippen LogP contribution in [0.1, 0.15) is 105 Å². The Kier molecular flexibility index (Phi) is 6.19. The molecular weight excluding hydrogens is 368 g/mol. The Bertz CT molecular complexity index is 678. The molecule has 4 aliphatic rings. The van der Waals surface area contributed by atoms with E-state index in [-0.39, 0.29) is 11.3 Å². The first-order valence-electron chi connectivity index (χ1n) is 13.1. The molecule has 8 atom stereocenters. The van der Waals surface area contributed by atoms with Crippen LogP contribution in [0.25, 0.3) is 0 Å². The van der Waals surface area contributed by atoms with E-state index in [0.717, 1.165) is 54.8 Å². The molecule has 2 heteroatoms. The summed E-state index contributed by atoms with van der Waals surface area (Å²) in [6.07, 6.45) is 16.4. The number of aliphatic carboxylic acids is 1. The molecule has 0 spiro atoms. The van der Waals surface area contributed by atoms with Crippen molar-refractivity contribution >= 4 is 5.97 Å². The van der Waals surface area contributed by atoms with Crippen LogP contribution in [0, 0.1) is 52.3 Å². The summed E-state index contributed by atoms with van der Waals surface area (Å²) in [7, 11) is 0. The molecule has 0 aromatic heterocycles. The van der Waals surface area contributed by atoms with Crippen molar-refractivity contribution in [3.63, 3.8) is 0 Å². The Hall–Kier alpha value is -0.790. The summed E-state index contributed by atoms with van der Waals surface area (Å²) in [5.74, 6) is 4.41. The zero-order valence-corrected chi connectivity index (χ0v) is 20.3. The van der Waals surface area contributed by atoms with Crippen molar-refractivity contribution in [3.8, 4) is 0 Å². The fourth-order valence-electron chi connectivity index (χ4n) is 8.90. The topological polar surface area (TPSA) is 37.3 Å². The Morgan fingerprint density at radius 1 is 1.07 bits per heavy atom. The van der Waals surface area contributed by atoms with Crippen molar-refractivity contribution in [2.24, 2.45) is 52.3 Å². The molecule has 0 aromatic carbocycles. The summed E-state index contributed by atoms with van der Waals surface area (Å²) in [4.78, 5) is 11.6. The van der Waals surface area contributed by atoms with E-state index >= 15 is 0 Å². The molecule has 0 heterocycles. The van der Waals surface area contributed by atoms with Gasteiger partial charge in [-0.3, -0.25) is 4.79 Å². The highest BCUT2D eigenvalue weighted by Gasteiger charge is 2.59. The average molecular weight is 415 g/mol. The van der Waals surface area contributed by atoms with Crippen molar-refractivity contribution in [1.82, 2.24) is 0 Å². The predicted octanol–water partition coefficient (Wildman–Crippen LogP) is 7.73. The number of allylic oxidation sites excluding steroid dienone is 2. The number of carboxylic acids is 1. The monoisotopic (exact) mass is 414 g/mol. The van der Waals surface area contributed by atoms with Crippen molar-refractivity contribution in [1.29, 1.82) is 0 Å². The Labute approximate surface area is 185 Å². The van der Waals surface area contributed by atoms with Crippen molar-refractivity contribution < 1.29 is 9.90 Å². The second-order valence-corrected chi connectivity index (χ2v) is 12.6. The molecule has 0 unspecified atom stereocenters. The minimum Gasteiger partial charge on any atom is -0.481 e. The van der Waals surface area contributed by atoms with Gasteiger partial charge in [-0.05, 0) is 97.7 Å². The highest BCUT2D eigenvalue weighted by atomic mass is 16.4. The minimum atomic E-state index is -0.582. The van der Waals surface area contributed by atoms with Crippen LogP contribution in [0.15, 0.2) is 11.6 Å². The van der Waals surface area contributed by atoms with Gasteiger partial charge in [0.1, 0.15) is 0 Å². The van der Waals surface area contributed by atoms with E-state index in [4.69, 9.17) is 0 Å². The van der Waals surface area contributed by atoms with Crippen LogP contribution in [0.3, 0.4) is 0 Å². The summed E-state index contributed by atoms with van der Waals surface area (Å²) in [6.45, 7) is 12.4. The van der Waals surface area contributed by atoms with Crippen LogP contribution in [0.4, 0.5) is 0 Å². The van der Waals surface area contributed by atoms with E-state index in [0.29, 0.717) is 5.41 Å². The standard InChI is InChI=1S/C28H46O2/c1-18(2)7-6-8-19(3)23-11-12-24-22-10-9-21-17-20(26(29)30)13-15-27(21,4)25(22)14-16-28(23,24)5/h9,18-20,22-25H,6-8,10-17H2,1-5H3,(H,29,30)/t19-,20+,22-,23+,24-,25-,27+,28+/m1/s1. The third-order valence-corrected chi connectivity index (χ3v) is 10.7. The fraction of sp³-hybridized carbons (Fsp3) is 0.893. The summed E-state index contributed by atoms with van der Waals surface area (Å²) in [5.41, 5.74) is 2.32. The zero-order valence-electron chi connectivity index (χ0n) is 20.3. The quantitative estimate of drug-likeness (QED) is 0.451. The van der Waals surface area contributed by atoms with Crippen molar-refractivity contribution in [3.05, 3.63) is 11.6 Å². The van der Waals surface area contributed by atoms with Gasteiger partial charge in [-0.15, -0.1) is 0 Å². The van der Waals surface area contributed by atoms with Gasteiger partial charge in [0.05, 0.1) is 5.92 Å². The second-order valence-electron chi connectivity index (χ2n) is 12.6. The van der Waals surface area contributed by atoms with Crippen LogP contribution < -0.4 is 0 Å². The molecule has 0 bridgehead atoms. The molecule has 0 saturated heterocycles. The second kappa shape index (κ2) is 8.28. The molecule has 0 aromatic rings. The molecule has 0 radical (unpaired) electrons. The number of hydrogen-bond donors (Lipinski definition) is 1. The molecule has 0 amide bonds. The van der Waals surface area contributed by atoms with E-state index < -0.39 is 5.97 Å². The molecule has 2 nitrogen and oxygen atoms in total. The lowest BCUT2D eigenvalue weighted by atomic mass is 9.46. The third kappa shape index (κ3) is 3.69. The average Bonchev–Trinajstić information content (AvgIpc) is 3.04. The molecule has 1 N–H and O–H groups in total. The molecule has 4 aliphatic carbocycles. The summed E-state index contributed by atoms with van der Waals surface area (Å²) in [5, 5.41) is 9.55. The first kappa shape index (κ1) is 22.4. The summed E-state index contributed by atoms with van der Waals surface area (Å²) < 4.78 is 0. The van der Waals surface area contributed by atoms with Gasteiger partial charge in [0.25, 0.3) is 0 Å². The minimum absolute atomic E-state index is 0.141. The molecule has 4 rings (SSSR count). The maximum atomic E-state index is 11.6. The number of carbonyl (C=O) groups is 1. The molecular formula is C28H46O2. The van der Waals surface area contributed by atoms with Crippen molar-refractivity contribution in [2.75, 3.05) is 0 Å². The lowest BCUT2D eigenvalue weighted by Gasteiger charge is -2.58. The Morgan fingerprint density at radius 3 is 2.53 bits per heavy atom. The normalized spacial score (nSPS) is 44.1. The van der Waals surface area contributed by atoms with Crippen LogP contribution >= 0.6 is 0 Å². The smallest absolute Gasteiger partial charge is 0.306 e. The van der Waals surface area contributed by atoms with Crippen LogP contribution in [0.2, 0.25) is 0 Å². The van der Waals surface area contributed by atoms with Crippen molar-refractivity contribution in [2.45, 2.75) is 105 Å². The Morgan fingerprint density at radius 2 is 1.83 bits per heavy atom. The van der Waals surface area contributed by atoms with Crippen LogP contribution in [-0.4, -0.2) is 11.1 Å². The van der Waals surface area contributed by atoms with Gasteiger partial charge in [0.2, 0.25) is 0 Å². The largest absolute Gasteiger partial charge is 0.481 e. The third-order valence-electron chi connectivity index (χ3n) is 10.7. The maximum Gasteiger partial charge on any atom is 0.306 e. The first-order chi connectivity index (χ1) is 14.2. The number of fused-ring (bicyclic) bond motifs is 5. The predicted molar refractivity (Wildman–Crippen MR) is 124 cm³/mol. The van der Waals surface area contributed by atoms with Gasteiger partial charge < -0.3 is 5.11 Å². The molecule has 170 valence electrons. The number of hydrogen-bond acceptors (Lipinski definition) is 1. The Balaban J connectivity index is 1.49. The van der Waals surface area contributed by atoms with E-state index in [1.165, 1.54) is 56.9 Å². The molecule has 0 aliphatic heterocycles. The highest BCUT2D eigenvalue weighted by Crippen LogP contribution is 2.67. The highest BCUT2D eigenvalue weighted by molar-refractivity contribution is 5.70. The summed E-state index contributed by atoms with van der Waals surface area (Å²) in [6, 6.07) is 0.